The molecule has 1 aromatic carbocycles. The topological polar surface area (TPSA) is 76.4 Å². The maximum absolute atomic E-state index is 8.93. The molecule has 0 aliphatic carbocycles. The lowest BCUT2D eigenvalue weighted by molar-refractivity contribution is 0.318. The predicted octanol–water partition coefficient (Wildman–Crippen LogP) is 2.00. The van der Waals surface area contributed by atoms with Crippen molar-refractivity contribution in [2.24, 2.45) is 10.9 Å². The molecule has 0 spiro atoms. The van der Waals surface area contributed by atoms with E-state index in [1.165, 1.54) is 0 Å². The lowest BCUT2D eigenvalue weighted by atomic mass is 10.1. The SMILES string of the molecule is CSc1cccc(-n2ccnc2C)c1/C(N)=N/O. The van der Waals surface area contributed by atoms with Crippen LogP contribution in [0.25, 0.3) is 5.69 Å². The number of hydrogen-bond donors (Lipinski definition) is 2. The van der Waals surface area contributed by atoms with Gasteiger partial charge >= 0.3 is 0 Å². The molecule has 0 aliphatic heterocycles. The normalized spacial score (nSPS) is 11.8. The zero-order valence-corrected chi connectivity index (χ0v) is 11.0. The van der Waals surface area contributed by atoms with Crippen molar-refractivity contribution in [2.75, 3.05) is 6.26 Å². The van der Waals surface area contributed by atoms with Gasteiger partial charge in [0.2, 0.25) is 0 Å². The van der Waals surface area contributed by atoms with Gasteiger partial charge < -0.3 is 15.5 Å². The Morgan fingerprint density at radius 2 is 2.28 bits per heavy atom. The van der Waals surface area contributed by atoms with Gasteiger partial charge in [0, 0.05) is 17.3 Å². The van der Waals surface area contributed by atoms with Crippen molar-refractivity contribution in [1.29, 1.82) is 0 Å². The van der Waals surface area contributed by atoms with E-state index >= 15 is 0 Å². The first kappa shape index (κ1) is 12.5. The van der Waals surface area contributed by atoms with Gasteiger partial charge in [0.1, 0.15) is 5.82 Å². The second-order valence-corrected chi connectivity index (χ2v) is 4.53. The quantitative estimate of drug-likeness (QED) is 0.291. The Kier molecular flexibility index (Phi) is 3.57. The number of nitrogens with two attached hydrogens (primary N) is 1. The number of amidine groups is 1. The molecule has 0 bridgehead atoms. The number of benzene rings is 1. The number of aromatic nitrogens is 2. The number of rotatable bonds is 3. The first-order chi connectivity index (χ1) is 8.69. The van der Waals surface area contributed by atoms with E-state index in [0.29, 0.717) is 5.56 Å². The maximum Gasteiger partial charge on any atom is 0.173 e. The van der Waals surface area contributed by atoms with Gasteiger partial charge in [-0.2, -0.15) is 0 Å². The van der Waals surface area contributed by atoms with Gasteiger partial charge in [-0.05, 0) is 25.3 Å². The Balaban J connectivity index is 2.72. The molecular weight excluding hydrogens is 248 g/mol. The third-order valence-corrected chi connectivity index (χ3v) is 3.45. The molecule has 0 saturated heterocycles. The molecule has 18 heavy (non-hydrogen) atoms. The smallest absolute Gasteiger partial charge is 0.173 e. The lowest BCUT2D eigenvalue weighted by Gasteiger charge is -2.14. The van der Waals surface area contributed by atoms with Crippen LogP contribution >= 0.6 is 11.8 Å². The highest BCUT2D eigenvalue weighted by molar-refractivity contribution is 7.98. The summed E-state index contributed by atoms with van der Waals surface area (Å²) < 4.78 is 1.91. The van der Waals surface area contributed by atoms with E-state index in [9.17, 15) is 0 Å². The van der Waals surface area contributed by atoms with Crippen molar-refractivity contribution in [2.45, 2.75) is 11.8 Å². The molecule has 0 aliphatic rings. The summed E-state index contributed by atoms with van der Waals surface area (Å²) >= 11 is 1.55. The van der Waals surface area contributed by atoms with Crippen molar-refractivity contribution in [3.63, 3.8) is 0 Å². The van der Waals surface area contributed by atoms with Crippen LogP contribution in [0.4, 0.5) is 0 Å². The van der Waals surface area contributed by atoms with Crippen LogP contribution < -0.4 is 5.73 Å². The molecule has 0 fully saturated rings. The van der Waals surface area contributed by atoms with Crippen molar-refractivity contribution < 1.29 is 5.21 Å². The number of nitrogens with zero attached hydrogens (tertiary/aromatic N) is 3. The fraction of sp³-hybridized carbons (Fsp3) is 0.167. The minimum absolute atomic E-state index is 0.100. The van der Waals surface area contributed by atoms with E-state index in [4.69, 9.17) is 10.9 Å². The molecule has 0 atom stereocenters. The first-order valence-corrected chi connectivity index (χ1v) is 6.56. The van der Waals surface area contributed by atoms with Gasteiger partial charge in [-0.15, -0.1) is 11.8 Å². The molecule has 6 heteroatoms. The summed E-state index contributed by atoms with van der Waals surface area (Å²) in [5.41, 5.74) is 7.35. The molecule has 0 amide bonds. The predicted molar refractivity (Wildman–Crippen MR) is 72.6 cm³/mol. The molecular formula is C12H14N4OS. The monoisotopic (exact) mass is 262 g/mol. The molecule has 5 nitrogen and oxygen atoms in total. The molecule has 1 heterocycles. The second-order valence-electron chi connectivity index (χ2n) is 3.68. The summed E-state index contributed by atoms with van der Waals surface area (Å²) in [6.45, 7) is 1.90. The summed E-state index contributed by atoms with van der Waals surface area (Å²) in [7, 11) is 0. The van der Waals surface area contributed by atoms with E-state index in [1.54, 1.807) is 18.0 Å². The summed E-state index contributed by atoms with van der Waals surface area (Å²) in [5.74, 6) is 0.947. The molecule has 1 aromatic heterocycles. The van der Waals surface area contributed by atoms with Crippen LogP contribution in [0.15, 0.2) is 40.6 Å². The van der Waals surface area contributed by atoms with E-state index in [1.807, 2.05) is 42.1 Å². The molecule has 0 radical (unpaired) electrons. The van der Waals surface area contributed by atoms with Gasteiger partial charge in [-0.1, -0.05) is 11.2 Å². The van der Waals surface area contributed by atoms with E-state index in [2.05, 4.69) is 10.1 Å². The fourth-order valence-corrected chi connectivity index (χ4v) is 2.46. The fourth-order valence-electron chi connectivity index (χ4n) is 1.83. The Morgan fingerprint density at radius 1 is 1.50 bits per heavy atom. The highest BCUT2D eigenvalue weighted by Crippen LogP contribution is 2.26. The second kappa shape index (κ2) is 5.14. The summed E-state index contributed by atoms with van der Waals surface area (Å²) in [6.07, 6.45) is 5.52. The average molecular weight is 262 g/mol. The van der Waals surface area contributed by atoms with Crippen LogP contribution in [0.1, 0.15) is 11.4 Å². The number of oxime groups is 1. The van der Waals surface area contributed by atoms with Gasteiger partial charge in [0.05, 0.1) is 11.3 Å². The van der Waals surface area contributed by atoms with Gasteiger partial charge in [0.15, 0.2) is 5.84 Å². The number of thioether (sulfide) groups is 1. The summed E-state index contributed by atoms with van der Waals surface area (Å²) in [6, 6.07) is 5.80. The Bertz CT molecular complexity index is 592. The van der Waals surface area contributed by atoms with Crippen molar-refractivity contribution in [3.8, 4) is 5.69 Å². The maximum atomic E-state index is 8.93. The van der Waals surface area contributed by atoms with Crippen LogP contribution in [-0.2, 0) is 0 Å². The van der Waals surface area contributed by atoms with Crippen LogP contribution in [0.2, 0.25) is 0 Å². The Morgan fingerprint density at radius 3 is 2.83 bits per heavy atom. The van der Waals surface area contributed by atoms with Crippen molar-refractivity contribution >= 4 is 17.6 Å². The van der Waals surface area contributed by atoms with Gasteiger partial charge in [-0.3, -0.25) is 0 Å². The molecule has 3 N–H and O–H groups in total. The van der Waals surface area contributed by atoms with Crippen molar-refractivity contribution in [1.82, 2.24) is 9.55 Å². The van der Waals surface area contributed by atoms with Gasteiger partial charge in [-0.25, -0.2) is 4.98 Å². The molecule has 94 valence electrons. The first-order valence-electron chi connectivity index (χ1n) is 5.34. The zero-order chi connectivity index (χ0) is 13.1. The highest BCUT2D eigenvalue weighted by atomic mass is 32.2. The Labute approximate surface area is 109 Å². The van der Waals surface area contributed by atoms with E-state index < -0.39 is 0 Å². The molecule has 0 unspecified atom stereocenters. The van der Waals surface area contributed by atoms with E-state index in [0.717, 1.165) is 16.4 Å². The molecule has 2 rings (SSSR count). The van der Waals surface area contributed by atoms with E-state index in [-0.39, 0.29) is 5.84 Å². The lowest BCUT2D eigenvalue weighted by Crippen LogP contribution is -2.17. The van der Waals surface area contributed by atoms with Gasteiger partial charge in [0.25, 0.3) is 0 Å². The zero-order valence-electron chi connectivity index (χ0n) is 10.2. The minimum Gasteiger partial charge on any atom is -0.409 e. The third kappa shape index (κ3) is 2.06. The number of aryl methyl sites for hydroxylation is 1. The van der Waals surface area contributed by atoms with Crippen LogP contribution in [0.5, 0.6) is 0 Å². The highest BCUT2D eigenvalue weighted by Gasteiger charge is 2.14. The minimum atomic E-state index is 0.100. The third-order valence-electron chi connectivity index (χ3n) is 2.67. The largest absolute Gasteiger partial charge is 0.409 e. The van der Waals surface area contributed by atoms with Crippen LogP contribution in [0, 0.1) is 6.92 Å². The summed E-state index contributed by atoms with van der Waals surface area (Å²) in [4.78, 5) is 5.14. The average Bonchev–Trinajstić information content (AvgIpc) is 2.83. The van der Waals surface area contributed by atoms with Crippen LogP contribution in [-0.4, -0.2) is 26.8 Å². The number of imidazole rings is 1. The number of hydrogen-bond acceptors (Lipinski definition) is 4. The molecule has 0 saturated carbocycles. The standard InChI is InChI=1S/C12H14N4OS/c1-8-14-6-7-16(8)9-4-3-5-10(18-2)11(9)12(13)15-17/h3-7,17H,1-2H3,(H2,13,15). The molecule has 2 aromatic rings. The Hall–Kier alpha value is -1.95. The van der Waals surface area contributed by atoms with Crippen LogP contribution in [0.3, 0.4) is 0 Å². The summed E-state index contributed by atoms with van der Waals surface area (Å²) in [5, 5.41) is 12.0. The van der Waals surface area contributed by atoms with Crippen molar-refractivity contribution in [3.05, 3.63) is 42.0 Å².